The summed E-state index contributed by atoms with van der Waals surface area (Å²) in [7, 11) is 0. The maximum atomic E-state index is 12.8. The quantitative estimate of drug-likeness (QED) is 0.882. The number of aliphatic hydroxyl groups excluding tert-OH is 1. The van der Waals surface area contributed by atoms with E-state index < -0.39 is 0 Å². The number of carbonyl (C=O) groups excluding carboxylic acids is 1. The van der Waals surface area contributed by atoms with Crippen molar-refractivity contribution in [3.63, 3.8) is 0 Å². The van der Waals surface area contributed by atoms with Crippen LogP contribution in [0.4, 0.5) is 0 Å². The molecular formula is C16H20N2O2. The largest absolute Gasteiger partial charge is 0.396 e. The highest BCUT2D eigenvalue weighted by molar-refractivity contribution is 6.06. The number of carbonyl (C=O) groups is 1. The van der Waals surface area contributed by atoms with Crippen LogP contribution >= 0.6 is 0 Å². The summed E-state index contributed by atoms with van der Waals surface area (Å²) in [6, 6.07) is 7.92. The van der Waals surface area contributed by atoms with Gasteiger partial charge in [-0.2, -0.15) is 0 Å². The molecule has 1 aliphatic rings. The van der Waals surface area contributed by atoms with Crippen LogP contribution in [0.2, 0.25) is 0 Å². The molecule has 2 aromatic rings. The number of aromatic nitrogens is 1. The van der Waals surface area contributed by atoms with Crippen LogP contribution < -0.4 is 0 Å². The number of nitrogens with one attached hydrogen (secondary N) is 1. The number of nitrogens with zero attached hydrogens (tertiary/aromatic N) is 1. The second kappa shape index (κ2) is 5.29. The first kappa shape index (κ1) is 13.2. The Balaban J connectivity index is 1.87. The molecule has 106 valence electrons. The summed E-state index contributed by atoms with van der Waals surface area (Å²) < 4.78 is 0. The van der Waals surface area contributed by atoms with Gasteiger partial charge in [0, 0.05) is 41.9 Å². The zero-order valence-electron chi connectivity index (χ0n) is 11.7. The van der Waals surface area contributed by atoms with Crippen molar-refractivity contribution >= 4 is 16.8 Å². The van der Waals surface area contributed by atoms with E-state index in [-0.39, 0.29) is 18.6 Å². The van der Waals surface area contributed by atoms with Gasteiger partial charge in [0.25, 0.3) is 5.91 Å². The topological polar surface area (TPSA) is 56.3 Å². The van der Waals surface area contributed by atoms with Gasteiger partial charge in [-0.1, -0.05) is 6.07 Å². The number of rotatable bonds is 2. The van der Waals surface area contributed by atoms with Crippen molar-refractivity contribution in [3.05, 3.63) is 36.0 Å². The molecular weight excluding hydrogens is 252 g/mol. The normalized spacial score (nSPS) is 23.2. The molecule has 4 nitrogen and oxygen atoms in total. The van der Waals surface area contributed by atoms with Gasteiger partial charge in [0.1, 0.15) is 0 Å². The molecule has 2 heterocycles. The minimum absolute atomic E-state index is 0.0964. The lowest BCUT2D eigenvalue weighted by molar-refractivity contribution is 0.0517. The highest BCUT2D eigenvalue weighted by Crippen LogP contribution is 2.26. The number of hydrogen-bond donors (Lipinski definition) is 2. The molecule has 1 fully saturated rings. The van der Waals surface area contributed by atoms with Crippen molar-refractivity contribution in [1.29, 1.82) is 0 Å². The first-order chi connectivity index (χ1) is 9.70. The number of hydrogen-bond acceptors (Lipinski definition) is 2. The van der Waals surface area contributed by atoms with E-state index in [9.17, 15) is 9.90 Å². The number of aliphatic hydroxyl groups is 1. The summed E-state index contributed by atoms with van der Waals surface area (Å²) in [6.45, 7) is 3.02. The lowest BCUT2D eigenvalue weighted by Gasteiger charge is -2.37. The van der Waals surface area contributed by atoms with Gasteiger partial charge in [-0.15, -0.1) is 0 Å². The zero-order valence-corrected chi connectivity index (χ0v) is 11.7. The number of benzene rings is 1. The van der Waals surface area contributed by atoms with Crippen molar-refractivity contribution in [2.45, 2.75) is 25.8 Å². The van der Waals surface area contributed by atoms with Gasteiger partial charge >= 0.3 is 0 Å². The molecule has 1 aliphatic heterocycles. The molecule has 0 saturated carbocycles. The van der Waals surface area contributed by atoms with Gasteiger partial charge in [-0.05, 0) is 43.9 Å². The maximum Gasteiger partial charge on any atom is 0.254 e. The predicted molar refractivity (Wildman–Crippen MR) is 78.6 cm³/mol. The molecule has 0 radical (unpaired) electrons. The lowest BCUT2D eigenvalue weighted by Crippen LogP contribution is -2.45. The van der Waals surface area contributed by atoms with Gasteiger partial charge in [-0.3, -0.25) is 4.79 Å². The molecule has 4 heteroatoms. The monoisotopic (exact) mass is 272 g/mol. The molecule has 3 rings (SSSR count). The third-order valence-electron chi connectivity index (χ3n) is 4.33. The highest BCUT2D eigenvalue weighted by atomic mass is 16.3. The maximum absolute atomic E-state index is 12.8. The fourth-order valence-corrected chi connectivity index (χ4v) is 3.16. The number of aromatic amines is 1. The Morgan fingerprint density at radius 1 is 1.45 bits per heavy atom. The van der Waals surface area contributed by atoms with Crippen molar-refractivity contribution in [3.8, 4) is 0 Å². The average Bonchev–Trinajstić information content (AvgIpc) is 2.94. The lowest BCUT2D eigenvalue weighted by atomic mass is 9.91. The Morgan fingerprint density at radius 2 is 2.30 bits per heavy atom. The molecule has 0 unspecified atom stereocenters. The molecule has 1 aromatic carbocycles. The average molecular weight is 272 g/mol. The highest BCUT2D eigenvalue weighted by Gasteiger charge is 2.29. The fraction of sp³-hybridized carbons (Fsp3) is 0.438. The second-order valence-electron chi connectivity index (χ2n) is 5.67. The van der Waals surface area contributed by atoms with E-state index in [2.05, 4.69) is 11.9 Å². The van der Waals surface area contributed by atoms with Gasteiger partial charge < -0.3 is 15.0 Å². The van der Waals surface area contributed by atoms with E-state index >= 15 is 0 Å². The van der Waals surface area contributed by atoms with E-state index in [4.69, 9.17) is 0 Å². The van der Waals surface area contributed by atoms with Gasteiger partial charge in [-0.25, -0.2) is 0 Å². The van der Waals surface area contributed by atoms with E-state index in [1.807, 2.05) is 35.4 Å². The van der Waals surface area contributed by atoms with Crippen molar-refractivity contribution in [2.75, 3.05) is 13.2 Å². The Morgan fingerprint density at radius 3 is 3.05 bits per heavy atom. The van der Waals surface area contributed by atoms with Crippen LogP contribution in [0.5, 0.6) is 0 Å². The molecule has 1 aromatic heterocycles. The number of H-pyrrole nitrogens is 1. The summed E-state index contributed by atoms with van der Waals surface area (Å²) in [5.74, 6) is 0.427. The Hall–Kier alpha value is -1.81. The first-order valence-electron chi connectivity index (χ1n) is 7.18. The third-order valence-corrected chi connectivity index (χ3v) is 4.33. The fourth-order valence-electron chi connectivity index (χ4n) is 3.16. The number of amides is 1. The minimum Gasteiger partial charge on any atom is -0.396 e. The van der Waals surface area contributed by atoms with Crippen molar-refractivity contribution < 1.29 is 9.90 Å². The van der Waals surface area contributed by atoms with Crippen LogP contribution in [0.25, 0.3) is 10.9 Å². The number of piperidine rings is 1. The van der Waals surface area contributed by atoms with E-state index in [1.165, 1.54) is 0 Å². The molecule has 20 heavy (non-hydrogen) atoms. The number of likely N-dealkylation sites (tertiary alicyclic amines) is 1. The molecule has 0 aliphatic carbocycles. The van der Waals surface area contributed by atoms with Gasteiger partial charge in [0.15, 0.2) is 0 Å². The van der Waals surface area contributed by atoms with Crippen LogP contribution in [-0.4, -0.2) is 40.1 Å². The molecule has 1 amide bonds. The van der Waals surface area contributed by atoms with E-state index in [0.29, 0.717) is 5.92 Å². The van der Waals surface area contributed by atoms with Crippen molar-refractivity contribution in [1.82, 2.24) is 9.88 Å². The second-order valence-corrected chi connectivity index (χ2v) is 5.67. The van der Waals surface area contributed by atoms with E-state index in [1.54, 1.807) is 0 Å². The van der Waals surface area contributed by atoms with Crippen LogP contribution in [0.3, 0.4) is 0 Å². The van der Waals surface area contributed by atoms with Crippen LogP contribution in [-0.2, 0) is 0 Å². The minimum atomic E-state index is 0.0964. The Labute approximate surface area is 118 Å². The zero-order chi connectivity index (χ0) is 14.1. The number of fused-ring (bicyclic) bond motifs is 1. The van der Waals surface area contributed by atoms with Crippen molar-refractivity contribution in [2.24, 2.45) is 5.92 Å². The van der Waals surface area contributed by atoms with E-state index in [0.717, 1.165) is 35.9 Å². The molecule has 2 atom stereocenters. The molecule has 0 bridgehead atoms. The van der Waals surface area contributed by atoms with Gasteiger partial charge in [0.05, 0.1) is 0 Å². The summed E-state index contributed by atoms with van der Waals surface area (Å²) >= 11 is 0. The standard InChI is InChI=1S/C16H20N2O2/c1-11-9-12(10-19)6-8-18(11)16(20)14-3-2-4-15-13(14)5-7-17-15/h2-5,7,11-12,17,19H,6,8-10H2,1H3/t11-,12-/m0/s1. The summed E-state index contributed by atoms with van der Waals surface area (Å²) in [4.78, 5) is 17.8. The van der Waals surface area contributed by atoms with Crippen LogP contribution in [0.1, 0.15) is 30.1 Å². The smallest absolute Gasteiger partial charge is 0.254 e. The van der Waals surface area contributed by atoms with Gasteiger partial charge in [0.2, 0.25) is 0 Å². The first-order valence-corrected chi connectivity index (χ1v) is 7.18. The molecule has 2 N–H and O–H groups in total. The van der Waals surface area contributed by atoms with Crippen LogP contribution in [0.15, 0.2) is 30.5 Å². The SMILES string of the molecule is C[C@H]1C[C@@H](CO)CCN1C(=O)c1cccc2[nH]ccc12. The third kappa shape index (κ3) is 2.20. The molecule has 0 spiro atoms. The predicted octanol–water partition coefficient (Wildman–Crippen LogP) is 2.40. The summed E-state index contributed by atoms with van der Waals surface area (Å²) in [5, 5.41) is 10.2. The van der Waals surface area contributed by atoms with Crippen LogP contribution in [0, 0.1) is 5.92 Å². The Kier molecular flexibility index (Phi) is 3.49. The summed E-state index contributed by atoms with van der Waals surface area (Å²) in [6.07, 6.45) is 3.63. The molecule has 1 saturated heterocycles. The Bertz CT molecular complexity index is 620. The summed E-state index contributed by atoms with van der Waals surface area (Å²) in [5.41, 5.74) is 1.76.